The van der Waals surface area contributed by atoms with Crippen LogP contribution in [0.15, 0.2) is 12.1 Å². The number of benzene rings is 1. The molecule has 0 bridgehead atoms. The predicted molar refractivity (Wildman–Crippen MR) is 68.8 cm³/mol. The molecular formula is C14H17F3N2. The van der Waals surface area contributed by atoms with Gasteiger partial charge in [-0.15, -0.1) is 6.42 Å². The minimum absolute atomic E-state index is 0.104. The van der Waals surface area contributed by atoms with Crippen molar-refractivity contribution in [1.82, 2.24) is 5.32 Å². The third-order valence-corrected chi connectivity index (χ3v) is 2.83. The Morgan fingerprint density at radius 2 is 1.89 bits per heavy atom. The maximum Gasteiger partial charge on any atom is 0.194 e. The zero-order chi connectivity index (χ0) is 14.4. The van der Waals surface area contributed by atoms with Crippen LogP contribution >= 0.6 is 0 Å². The standard InChI is InChI=1S/C14H17F3N2/c1-3-5-10(4-2)19-13(8-18)9-6-11(15)14(17)12(16)7-9/h2,6-7,10,13,19H,3,5,8,18H2,1H3. The molecule has 2 unspecified atom stereocenters. The van der Waals surface area contributed by atoms with Crippen LogP contribution in [-0.2, 0) is 0 Å². The first kappa shape index (κ1) is 15.5. The Morgan fingerprint density at radius 3 is 2.32 bits per heavy atom. The number of terminal acetylenes is 1. The molecule has 104 valence electrons. The Labute approximate surface area is 111 Å². The van der Waals surface area contributed by atoms with Gasteiger partial charge in [0.2, 0.25) is 0 Å². The molecule has 0 radical (unpaired) electrons. The van der Waals surface area contributed by atoms with Crippen molar-refractivity contribution >= 4 is 0 Å². The van der Waals surface area contributed by atoms with E-state index in [-0.39, 0.29) is 18.2 Å². The monoisotopic (exact) mass is 270 g/mol. The van der Waals surface area contributed by atoms with E-state index in [1.54, 1.807) is 0 Å². The van der Waals surface area contributed by atoms with Crippen molar-refractivity contribution in [3.8, 4) is 12.3 Å². The van der Waals surface area contributed by atoms with Crippen molar-refractivity contribution < 1.29 is 13.2 Å². The first-order valence-electron chi connectivity index (χ1n) is 6.10. The number of nitrogens with two attached hydrogens (primary N) is 1. The van der Waals surface area contributed by atoms with E-state index >= 15 is 0 Å². The summed E-state index contributed by atoms with van der Waals surface area (Å²) in [6.45, 7) is 2.08. The minimum atomic E-state index is -1.48. The van der Waals surface area contributed by atoms with E-state index < -0.39 is 23.5 Å². The lowest BCUT2D eigenvalue weighted by molar-refractivity contribution is 0.433. The van der Waals surface area contributed by atoms with Gasteiger partial charge in [-0.1, -0.05) is 19.3 Å². The third-order valence-electron chi connectivity index (χ3n) is 2.83. The number of hydrogen-bond donors (Lipinski definition) is 2. The first-order valence-corrected chi connectivity index (χ1v) is 6.10. The highest BCUT2D eigenvalue weighted by molar-refractivity contribution is 5.23. The van der Waals surface area contributed by atoms with E-state index in [0.717, 1.165) is 25.0 Å². The van der Waals surface area contributed by atoms with Crippen molar-refractivity contribution in [3.63, 3.8) is 0 Å². The van der Waals surface area contributed by atoms with Crippen LogP contribution in [0.25, 0.3) is 0 Å². The fourth-order valence-corrected chi connectivity index (χ4v) is 1.82. The minimum Gasteiger partial charge on any atom is -0.329 e. The SMILES string of the molecule is C#CC(CCC)NC(CN)c1cc(F)c(F)c(F)c1. The van der Waals surface area contributed by atoms with Crippen LogP contribution < -0.4 is 11.1 Å². The Morgan fingerprint density at radius 1 is 1.32 bits per heavy atom. The Kier molecular flexibility index (Phi) is 5.87. The van der Waals surface area contributed by atoms with E-state index in [4.69, 9.17) is 12.2 Å². The van der Waals surface area contributed by atoms with Crippen LogP contribution in [0.5, 0.6) is 0 Å². The number of rotatable bonds is 6. The molecule has 0 aliphatic carbocycles. The van der Waals surface area contributed by atoms with Crippen molar-refractivity contribution in [2.45, 2.75) is 31.8 Å². The molecule has 0 aliphatic heterocycles. The molecule has 1 aromatic carbocycles. The van der Waals surface area contributed by atoms with Crippen LogP contribution in [0.2, 0.25) is 0 Å². The van der Waals surface area contributed by atoms with Crippen molar-refractivity contribution in [2.24, 2.45) is 5.73 Å². The molecule has 0 aliphatic rings. The van der Waals surface area contributed by atoms with Crippen LogP contribution in [0.4, 0.5) is 13.2 Å². The van der Waals surface area contributed by atoms with Gasteiger partial charge in [0, 0.05) is 12.6 Å². The molecular weight excluding hydrogens is 253 g/mol. The lowest BCUT2D eigenvalue weighted by Gasteiger charge is -2.22. The normalized spacial score (nSPS) is 13.9. The summed E-state index contributed by atoms with van der Waals surface area (Å²) >= 11 is 0. The van der Waals surface area contributed by atoms with Crippen LogP contribution in [-0.4, -0.2) is 12.6 Å². The average Bonchev–Trinajstić information content (AvgIpc) is 2.40. The quantitative estimate of drug-likeness (QED) is 0.615. The Hall–Kier alpha value is -1.51. The van der Waals surface area contributed by atoms with E-state index in [9.17, 15) is 13.2 Å². The molecule has 0 saturated carbocycles. The summed E-state index contributed by atoms with van der Waals surface area (Å²) in [4.78, 5) is 0. The molecule has 0 saturated heterocycles. The maximum atomic E-state index is 13.2. The molecule has 3 N–H and O–H groups in total. The largest absolute Gasteiger partial charge is 0.329 e. The highest BCUT2D eigenvalue weighted by Crippen LogP contribution is 2.19. The maximum absolute atomic E-state index is 13.2. The highest BCUT2D eigenvalue weighted by Gasteiger charge is 2.18. The second-order valence-electron chi connectivity index (χ2n) is 4.26. The lowest BCUT2D eigenvalue weighted by atomic mass is 10.0. The van der Waals surface area contributed by atoms with Gasteiger partial charge in [0.1, 0.15) is 0 Å². The molecule has 0 aromatic heterocycles. The highest BCUT2D eigenvalue weighted by atomic mass is 19.2. The third kappa shape index (κ3) is 3.98. The number of nitrogens with one attached hydrogen (secondary N) is 1. The molecule has 0 spiro atoms. The van der Waals surface area contributed by atoms with Gasteiger partial charge in [-0.3, -0.25) is 5.32 Å². The molecule has 0 amide bonds. The second kappa shape index (κ2) is 7.17. The molecule has 1 rings (SSSR count). The molecule has 0 heterocycles. The molecule has 1 aromatic rings. The zero-order valence-corrected chi connectivity index (χ0v) is 10.7. The van der Waals surface area contributed by atoms with Gasteiger partial charge in [-0.25, -0.2) is 13.2 Å². The first-order chi connectivity index (χ1) is 9.03. The summed E-state index contributed by atoms with van der Waals surface area (Å²) in [5.74, 6) is -1.40. The van der Waals surface area contributed by atoms with Gasteiger partial charge in [-0.2, -0.15) is 0 Å². The Balaban J connectivity index is 2.94. The van der Waals surface area contributed by atoms with E-state index in [1.165, 1.54) is 0 Å². The summed E-state index contributed by atoms with van der Waals surface area (Å²) in [6, 6.07) is 1.11. The topological polar surface area (TPSA) is 38.0 Å². The molecule has 2 nitrogen and oxygen atoms in total. The van der Waals surface area contributed by atoms with E-state index in [0.29, 0.717) is 0 Å². The Bertz CT molecular complexity index is 445. The predicted octanol–water partition coefficient (Wildman–Crippen LogP) is 2.50. The van der Waals surface area contributed by atoms with Gasteiger partial charge in [0.05, 0.1) is 6.04 Å². The molecule has 19 heavy (non-hydrogen) atoms. The fraction of sp³-hybridized carbons (Fsp3) is 0.429. The average molecular weight is 270 g/mol. The molecule has 0 fully saturated rings. The van der Waals surface area contributed by atoms with Crippen LogP contribution in [0, 0.1) is 29.8 Å². The summed E-state index contributed by atoms with van der Waals surface area (Å²) in [7, 11) is 0. The smallest absolute Gasteiger partial charge is 0.194 e. The molecule has 2 atom stereocenters. The lowest BCUT2D eigenvalue weighted by Crippen LogP contribution is -2.36. The van der Waals surface area contributed by atoms with E-state index in [1.807, 2.05) is 6.92 Å². The van der Waals surface area contributed by atoms with Crippen molar-refractivity contribution in [3.05, 3.63) is 35.1 Å². The van der Waals surface area contributed by atoms with Crippen molar-refractivity contribution in [1.29, 1.82) is 0 Å². The summed E-state index contributed by atoms with van der Waals surface area (Å²) in [5, 5.41) is 3.03. The van der Waals surface area contributed by atoms with Crippen LogP contribution in [0.3, 0.4) is 0 Å². The van der Waals surface area contributed by atoms with Gasteiger partial charge < -0.3 is 5.73 Å². The summed E-state index contributed by atoms with van der Waals surface area (Å²) in [6.07, 6.45) is 6.95. The second-order valence-corrected chi connectivity index (χ2v) is 4.26. The van der Waals surface area contributed by atoms with Gasteiger partial charge in [0.25, 0.3) is 0 Å². The van der Waals surface area contributed by atoms with Crippen molar-refractivity contribution in [2.75, 3.05) is 6.54 Å². The summed E-state index contributed by atoms with van der Waals surface area (Å²) in [5.41, 5.74) is 5.82. The summed E-state index contributed by atoms with van der Waals surface area (Å²) < 4.78 is 39.3. The van der Waals surface area contributed by atoms with Gasteiger partial charge in [-0.05, 0) is 24.1 Å². The zero-order valence-electron chi connectivity index (χ0n) is 10.7. The molecule has 5 heteroatoms. The van der Waals surface area contributed by atoms with Crippen LogP contribution in [0.1, 0.15) is 31.4 Å². The van der Waals surface area contributed by atoms with Gasteiger partial charge in [0.15, 0.2) is 17.5 Å². The van der Waals surface area contributed by atoms with Gasteiger partial charge >= 0.3 is 0 Å². The fourth-order valence-electron chi connectivity index (χ4n) is 1.82. The number of halogens is 3. The number of hydrogen-bond acceptors (Lipinski definition) is 2. The van der Waals surface area contributed by atoms with E-state index in [2.05, 4.69) is 11.2 Å².